The molecule has 2 aliphatic heterocycles. The van der Waals surface area contributed by atoms with Crippen molar-refractivity contribution in [1.29, 1.82) is 0 Å². The first-order valence-corrected chi connectivity index (χ1v) is 17.8. The number of aliphatic hydroxyl groups is 3. The van der Waals surface area contributed by atoms with Crippen molar-refractivity contribution >= 4 is 0 Å². The Morgan fingerprint density at radius 1 is 0.953 bits per heavy atom. The zero-order valence-electron chi connectivity index (χ0n) is 28.1. The molecule has 5 saturated carbocycles. The third kappa shape index (κ3) is 4.52. The first kappa shape index (κ1) is 31.3. The van der Waals surface area contributed by atoms with E-state index in [1.54, 1.807) is 13.8 Å². The van der Waals surface area contributed by atoms with Crippen LogP contribution in [0, 0.1) is 45.3 Å². The van der Waals surface area contributed by atoms with E-state index in [0.717, 1.165) is 44.7 Å². The minimum Gasteiger partial charge on any atom is -0.394 e. The second-order valence-corrected chi connectivity index (χ2v) is 18.3. The summed E-state index contributed by atoms with van der Waals surface area (Å²) < 4.78 is 19.7. The van der Waals surface area contributed by atoms with E-state index in [1.165, 1.54) is 38.5 Å². The van der Waals surface area contributed by atoms with Crippen molar-refractivity contribution in [3.05, 3.63) is 0 Å². The molecule has 0 amide bonds. The van der Waals surface area contributed by atoms with Crippen LogP contribution < -0.4 is 0 Å². The standard InChI is InChI=1S/C36H61NO6.H2/c1-31(2,21-38)37-16-17-41-29(19-37)43-28-12-13-36-20-35(36)15-14-34(7)23-8-10-25(30(39)33(5,6)40)42-26(23)18-24(34)22(35)9-11-27(36)32(28,3)4;/h22-30,38-40H,8-21H2,1-7H3;1H/t22?,23?,24?,25?,26?,27?,28-,29?,30-,34?,35?,36?;/m0./s1. The van der Waals surface area contributed by atoms with Crippen LogP contribution in [0.5, 0.6) is 0 Å². The third-order valence-electron chi connectivity index (χ3n) is 15.2. The number of aliphatic hydroxyl groups excluding tert-OH is 2. The Bertz CT molecular complexity index is 1080. The van der Waals surface area contributed by atoms with E-state index in [1.807, 2.05) is 0 Å². The lowest BCUT2D eigenvalue weighted by Crippen LogP contribution is -2.58. The molecular formula is C36H63NO6. The fraction of sp³-hybridized carbons (Fsp3) is 1.00. The minimum absolute atomic E-state index is 0. The van der Waals surface area contributed by atoms with Crippen molar-refractivity contribution in [2.24, 2.45) is 45.3 Å². The van der Waals surface area contributed by atoms with Crippen LogP contribution in [0.15, 0.2) is 0 Å². The molecule has 10 unspecified atom stereocenters. The number of ether oxygens (including phenoxy) is 3. The van der Waals surface area contributed by atoms with Gasteiger partial charge in [-0.3, -0.25) is 4.90 Å². The van der Waals surface area contributed by atoms with Gasteiger partial charge in [0.05, 0.1) is 43.7 Å². The van der Waals surface area contributed by atoms with Crippen molar-refractivity contribution in [3.8, 4) is 0 Å². The SMILES string of the molecule is CC12CCC34CC35CC[C@H](OC3CN(C(C)(C)CO)CCO3)C(C)(C)C5CCC4C1CC1OC([C@H](O)C(C)(C)O)CCC12.[HH]. The summed E-state index contributed by atoms with van der Waals surface area (Å²) in [5.41, 5.74) is 0.00950. The maximum absolute atomic E-state index is 10.8. The summed E-state index contributed by atoms with van der Waals surface area (Å²) >= 11 is 0. The van der Waals surface area contributed by atoms with Crippen LogP contribution in [0.25, 0.3) is 0 Å². The highest BCUT2D eigenvalue weighted by molar-refractivity contribution is 5.29. The van der Waals surface area contributed by atoms with Crippen molar-refractivity contribution in [3.63, 3.8) is 0 Å². The van der Waals surface area contributed by atoms with Gasteiger partial charge < -0.3 is 29.5 Å². The monoisotopic (exact) mass is 605 g/mol. The number of hydrogen-bond acceptors (Lipinski definition) is 7. The fourth-order valence-corrected chi connectivity index (χ4v) is 12.7. The topological polar surface area (TPSA) is 91.6 Å². The molecule has 7 heteroatoms. The van der Waals surface area contributed by atoms with Crippen molar-refractivity contribution in [1.82, 2.24) is 4.90 Å². The number of rotatable bonds is 6. The highest BCUT2D eigenvalue weighted by Gasteiger charge is 2.80. The summed E-state index contributed by atoms with van der Waals surface area (Å²) in [5, 5.41) is 31.3. The summed E-state index contributed by atoms with van der Waals surface area (Å²) in [6.45, 7) is 17.5. The van der Waals surface area contributed by atoms with Crippen LogP contribution in [0.3, 0.4) is 0 Å². The van der Waals surface area contributed by atoms with Gasteiger partial charge in [0, 0.05) is 13.5 Å². The Balaban J connectivity index is 0.00000343. The number of morpholine rings is 1. The van der Waals surface area contributed by atoms with Crippen LogP contribution in [0.2, 0.25) is 0 Å². The molecule has 0 aromatic carbocycles. The number of hydrogen-bond donors (Lipinski definition) is 3. The lowest BCUT2D eigenvalue weighted by molar-refractivity contribution is -0.251. The Kier molecular flexibility index (Phi) is 7.37. The zero-order chi connectivity index (χ0) is 30.8. The highest BCUT2D eigenvalue weighted by Crippen LogP contribution is 2.87. The van der Waals surface area contributed by atoms with Crippen LogP contribution in [0.1, 0.15) is 114 Å². The van der Waals surface area contributed by atoms with Crippen molar-refractivity contribution in [2.75, 3.05) is 26.3 Å². The molecule has 2 heterocycles. The molecule has 7 fully saturated rings. The molecule has 0 radical (unpaired) electrons. The smallest absolute Gasteiger partial charge is 0.170 e. The summed E-state index contributed by atoms with van der Waals surface area (Å²) in [6, 6.07) is 0. The molecule has 3 N–H and O–H groups in total. The van der Waals surface area contributed by atoms with Crippen LogP contribution in [-0.2, 0) is 14.2 Å². The average Bonchev–Trinajstić information content (AvgIpc) is 3.53. The summed E-state index contributed by atoms with van der Waals surface area (Å²) in [5.74, 6) is 2.78. The predicted octanol–water partition coefficient (Wildman–Crippen LogP) is 5.39. The maximum atomic E-state index is 10.8. The van der Waals surface area contributed by atoms with E-state index in [9.17, 15) is 15.3 Å². The van der Waals surface area contributed by atoms with Gasteiger partial charge in [-0.25, -0.2) is 0 Å². The zero-order valence-corrected chi connectivity index (χ0v) is 28.1. The fourth-order valence-electron chi connectivity index (χ4n) is 12.7. The van der Waals surface area contributed by atoms with Gasteiger partial charge in [0.1, 0.15) is 6.10 Å². The second-order valence-electron chi connectivity index (χ2n) is 18.3. The summed E-state index contributed by atoms with van der Waals surface area (Å²) in [6.07, 6.45) is 11.4. The molecule has 2 saturated heterocycles. The molecule has 248 valence electrons. The van der Waals surface area contributed by atoms with E-state index in [0.29, 0.717) is 40.6 Å². The van der Waals surface area contributed by atoms with E-state index in [-0.39, 0.29) is 43.6 Å². The molecule has 7 aliphatic rings. The van der Waals surface area contributed by atoms with E-state index in [4.69, 9.17) is 14.2 Å². The molecule has 43 heavy (non-hydrogen) atoms. The molecule has 7 rings (SSSR count). The lowest BCUT2D eigenvalue weighted by atomic mass is 9.46. The third-order valence-corrected chi connectivity index (χ3v) is 15.2. The summed E-state index contributed by atoms with van der Waals surface area (Å²) in [4.78, 5) is 2.33. The number of nitrogens with zero attached hydrogens (tertiary/aromatic N) is 1. The maximum Gasteiger partial charge on any atom is 0.170 e. The Labute approximate surface area is 261 Å². The van der Waals surface area contributed by atoms with Gasteiger partial charge in [0.25, 0.3) is 0 Å². The van der Waals surface area contributed by atoms with Gasteiger partial charge in [-0.2, -0.15) is 0 Å². The van der Waals surface area contributed by atoms with Gasteiger partial charge in [0.15, 0.2) is 6.29 Å². The van der Waals surface area contributed by atoms with E-state index < -0.39 is 11.7 Å². The van der Waals surface area contributed by atoms with Gasteiger partial charge in [-0.1, -0.05) is 20.8 Å². The van der Waals surface area contributed by atoms with Gasteiger partial charge in [-0.05, 0) is 137 Å². The Morgan fingerprint density at radius 2 is 1.70 bits per heavy atom. The molecule has 0 bridgehead atoms. The molecule has 0 aromatic heterocycles. The second kappa shape index (κ2) is 10.1. The van der Waals surface area contributed by atoms with E-state index >= 15 is 0 Å². The molecule has 0 aromatic rings. The van der Waals surface area contributed by atoms with E-state index in [2.05, 4.69) is 39.5 Å². The van der Waals surface area contributed by atoms with Crippen LogP contribution in [-0.4, -0.2) is 88.4 Å². The number of fused-ring (bicyclic) bond motifs is 4. The molecule has 12 atom stereocenters. The minimum atomic E-state index is -1.14. The summed E-state index contributed by atoms with van der Waals surface area (Å²) in [7, 11) is 0. The quantitative estimate of drug-likeness (QED) is 0.374. The lowest BCUT2D eigenvalue weighted by Gasteiger charge is -2.60. The van der Waals surface area contributed by atoms with Gasteiger partial charge >= 0.3 is 0 Å². The Hall–Kier alpha value is -0.280. The highest BCUT2D eigenvalue weighted by atomic mass is 16.7. The molecule has 2 spiro atoms. The first-order chi connectivity index (χ1) is 20.1. The van der Waals surface area contributed by atoms with Crippen molar-refractivity contribution < 1.29 is 31.0 Å². The van der Waals surface area contributed by atoms with Gasteiger partial charge in [0.2, 0.25) is 0 Å². The van der Waals surface area contributed by atoms with Crippen LogP contribution in [0.4, 0.5) is 0 Å². The van der Waals surface area contributed by atoms with Gasteiger partial charge in [-0.15, -0.1) is 0 Å². The molecular weight excluding hydrogens is 542 g/mol. The van der Waals surface area contributed by atoms with Crippen molar-refractivity contribution in [2.45, 2.75) is 155 Å². The normalized spacial score (nSPS) is 50.1. The first-order valence-electron chi connectivity index (χ1n) is 17.8. The average molecular weight is 606 g/mol. The Morgan fingerprint density at radius 3 is 2.42 bits per heavy atom. The molecule has 7 nitrogen and oxygen atoms in total. The largest absolute Gasteiger partial charge is 0.394 e. The van der Waals surface area contributed by atoms with Crippen LogP contribution >= 0.6 is 0 Å². The molecule has 5 aliphatic carbocycles. The predicted molar refractivity (Wildman–Crippen MR) is 167 cm³/mol.